The van der Waals surface area contributed by atoms with Crippen molar-refractivity contribution in [2.24, 2.45) is 4.99 Å². The molecule has 1 saturated heterocycles. The van der Waals surface area contributed by atoms with Gasteiger partial charge in [-0.3, -0.25) is 4.99 Å². The standard InChI is InChI=1S/C21H27N3O/c1-22-21(23-15-20(25-2)18-11-7-4-8-12-18)24-14-13-19(16-24)17-9-5-3-6-10-17/h3-12,19-20H,13-16H2,1-2H3,(H,22,23). The zero-order chi connectivity index (χ0) is 17.5. The summed E-state index contributed by atoms with van der Waals surface area (Å²) < 4.78 is 5.65. The minimum Gasteiger partial charge on any atom is -0.375 e. The van der Waals surface area contributed by atoms with Crippen molar-refractivity contribution in [3.05, 3.63) is 71.8 Å². The molecule has 2 unspecified atom stereocenters. The zero-order valence-electron chi connectivity index (χ0n) is 15.1. The molecule has 25 heavy (non-hydrogen) atoms. The van der Waals surface area contributed by atoms with Crippen LogP contribution in [0.2, 0.25) is 0 Å². The molecule has 1 fully saturated rings. The smallest absolute Gasteiger partial charge is 0.193 e. The van der Waals surface area contributed by atoms with Crippen molar-refractivity contribution in [2.45, 2.75) is 18.4 Å². The highest BCUT2D eigenvalue weighted by atomic mass is 16.5. The third kappa shape index (κ3) is 4.40. The van der Waals surface area contributed by atoms with E-state index in [4.69, 9.17) is 4.74 Å². The summed E-state index contributed by atoms with van der Waals surface area (Å²) in [4.78, 5) is 6.82. The average molecular weight is 337 g/mol. The molecule has 0 bridgehead atoms. The van der Waals surface area contributed by atoms with Gasteiger partial charge in [-0.05, 0) is 17.5 Å². The molecule has 0 saturated carbocycles. The van der Waals surface area contributed by atoms with E-state index in [1.54, 1.807) is 7.11 Å². The van der Waals surface area contributed by atoms with Crippen molar-refractivity contribution in [3.63, 3.8) is 0 Å². The lowest BCUT2D eigenvalue weighted by Gasteiger charge is -2.24. The average Bonchev–Trinajstić information content (AvgIpc) is 3.17. The third-order valence-corrected chi connectivity index (χ3v) is 4.87. The van der Waals surface area contributed by atoms with Gasteiger partial charge >= 0.3 is 0 Å². The number of likely N-dealkylation sites (tertiary alicyclic amines) is 1. The normalized spacial score (nSPS) is 19.0. The Morgan fingerprint density at radius 2 is 1.84 bits per heavy atom. The third-order valence-electron chi connectivity index (χ3n) is 4.87. The minimum atomic E-state index is 0.0190. The predicted molar refractivity (Wildman–Crippen MR) is 103 cm³/mol. The van der Waals surface area contributed by atoms with Crippen LogP contribution < -0.4 is 5.32 Å². The van der Waals surface area contributed by atoms with Crippen molar-refractivity contribution >= 4 is 5.96 Å². The summed E-state index contributed by atoms with van der Waals surface area (Å²) in [5.41, 5.74) is 2.59. The summed E-state index contributed by atoms with van der Waals surface area (Å²) in [5.74, 6) is 1.53. The van der Waals surface area contributed by atoms with Gasteiger partial charge in [-0.15, -0.1) is 0 Å². The first-order valence-corrected chi connectivity index (χ1v) is 8.90. The number of hydrogen-bond acceptors (Lipinski definition) is 2. The van der Waals surface area contributed by atoms with Crippen molar-refractivity contribution < 1.29 is 4.74 Å². The quantitative estimate of drug-likeness (QED) is 0.671. The van der Waals surface area contributed by atoms with Gasteiger partial charge in [0.1, 0.15) is 0 Å². The van der Waals surface area contributed by atoms with E-state index in [1.165, 1.54) is 11.1 Å². The fourth-order valence-corrected chi connectivity index (χ4v) is 3.47. The topological polar surface area (TPSA) is 36.9 Å². The molecular formula is C21H27N3O. The van der Waals surface area contributed by atoms with E-state index in [0.29, 0.717) is 12.5 Å². The maximum Gasteiger partial charge on any atom is 0.193 e. The fraction of sp³-hybridized carbons (Fsp3) is 0.381. The van der Waals surface area contributed by atoms with E-state index >= 15 is 0 Å². The maximum absolute atomic E-state index is 5.65. The molecule has 4 nitrogen and oxygen atoms in total. The van der Waals surface area contributed by atoms with Gasteiger partial charge in [0, 0.05) is 39.7 Å². The molecule has 1 aliphatic rings. The Bertz CT molecular complexity index is 672. The molecule has 2 atom stereocenters. The first kappa shape index (κ1) is 17.5. The number of benzene rings is 2. The van der Waals surface area contributed by atoms with Gasteiger partial charge in [-0.2, -0.15) is 0 Å². The molecule has 3 rings (SSSR count). The number of hydrogen-bond donors (Lipinski definition) is 1. The molecule has 1 N–H and O–H groups in total. The Hall–Kier alpha value is -2.33. The molecule has 1 aliphatic heterocycles. The predicted octanol–water partition coefficient (Wildman–Crippen LogP) is 3.44. The molecule has 0 radical (unpaired) electrons. The number of ether oxygens (including phenoxy) is 1. The Morgan fingerprint density at radius 3 is 2.48 bits per heavy atom. The lowest BCUT2D eigenvalue weighted by molar-refractivity contribution is 0.106. The van der Waals surface area contributed by atoms with Crippen molar-refractivity contribution in [2.75, 3.05) is 33.8 Å². The van der Waals surface area contributed by atoms with Crippen LogP contribution in [0.1, 0.15) is 29.6 Å². The largest absolute Gasteiger partial charge is 0.375 e. The molecule has 0 aliphatic carbocycles. The van der Waals surface area contributed by atoms with Crippen LogP contribution in [0.5, 0.6) is 0 Å². The highest BCUT2D eigenvalue weighted by Gasteiger charge is 2.26. The van der Waals surface area contributed by atoms with Gasteiger partial charge in [0.15, 0.2) is 5.96 Å². The van der Waals surface area contributed by atoms with Gasteiger partial charge in [0.25, 0.3) is 0 Å². The van der Waals surface area contributed by atoms with Gasteiger partial charge < -0.3 is 15.0 Å². The van der Waals surface area contributed by atoms with Crippen molar-refractivity contribution in [3.8, 4) is 0 Å². The highest BCUT2D eigenvalue weighted by molar-refractivity contribution is 5.80. The van der Waals surface area contributed by atoms with E-state index in [-0.39, 0.29) is 6.10 Å². The molecule has 4 heteroatoms. The molecule has 132 valence electrons. The van der Waals surface area contributed by atoms with Gasteiger partial charge in [0.05, 0.1) is 6.10 Å². The molecule has 0 amide bonds. The number of methoxy groups -OCH3 is 1. The minimum absolute atomic E-state index is 0.0190. The molecule has 1 heterocycles. The number of aliphatic imine (C=N–C) groups is 1. The summed E-state index contributed by atoms with van der Waals surface area (Å²) in [6, 6.07) is 21.1. The second kappa shape index (κ2) is 8.67. The van der Waals surface area contributed by atoms with Crippen LogP contribution in [0.4, 0.5) is 0 Å². The second-order valence-electron chi connectivity index (χ2n) is 6.41. The Labute approximate surface area is 150 Å². The van der Waals surface area contributed by atoms with Crippen LogP contribution >= 0.6 is 0 Å². The van der Waals surface area contributed by atoms with Gasteiger partial charge in [-0.1, -0.05) is 60.7 Å². The summed E-state index contributed by atoms with van der Waals surface area (Å²) in [6.07, 6.45) is 1.18. The summed E-state index contributed by atoms with van der Waals surface area (Å²) in [6.45, 7) is 2.74. The molecule has 0 aromatic heterocycles. The van der Waals surface area contributed by atoms with Crippen LogP contribution in [0.25, 0.3) is 0 Å². The maximum atomic E-state index is 5.65. The van der Waals surface area contributed by atoms with E-state index in [1.807, 2.05) is 25.2 Å². The first-order valence-electron chi connectivity index (χ1n) is 8.90. The molecular weight excluding hydrogens is 310 g/mol. The monoisotopic (exact) mass is 337 g/mol. The van der Waals surface area contributed by atoms with Gasteiger partial charge in [0.2, 0.25) is 0 Å². The Kier molecular flexibility index (Phi) is 6.07. The summed E-state index contributed by atoms with van der Waals surface area (Å²) in [7, 11) is 3.60. The number of guanidine groups is 1. The second-order valence-corrected chi connectivity index (χ2v) is 6.41. The molecule has 0 spiro atoms. The number of nitrogens with zero attached hydrogens (tertiary/aromatic N) is 2. The van der Waals surface area contributed by atoms with E-state index in [9.17, 15) is 0 Å². The van der Waals surface area contributed by atoms with E-state index < -0.39 is 0 Å². The molecule has 2 aromatic carbocycles. The highest BCUT2D eigenvalue weighted by Crippen LogP contribution is 2.27. The van der Waals surface area contributed by atoms with Crippen LogP contribution in [-0.4, -0.2) is 44.7 Å². The van der Waals surface area contributed by atoms with E-state index in [2.05, 4.69) is 57.7 Å². The first-order chi connectivity index (χ1) is 12.3. The SMILES string of the molecule is CN=C(NCC(OC)c1ccccc1)N1CCC(c2ccccc2)C1. The van der Waals surface area contributed by atoms with Crippen LogP contribution in [0.15, 0.2) is 65.7 Å². The zero-order valence-corrected chi connectivity index (χ0v) is 15.1. The summed E-state index contributed by atoms with van der Waals surface area (Å²) in [5, 5.41) is 3.48. The lowest BCUT2D eigenvalue weighted by atomic mass is 9.99. The van der Waals surface area contributed by atoms with Crippen LogP contribution in [0.3, 0.4) is 0 Å². The van der Waals surface area contributed by atoms with Crippen LogP contribution in [0, 0.1) is 0 Å². The molecule has 2 aromatic rings. The van der Waals surface area contributed by atoms with Gasteiger partial charge in [-0.25, -0.2) is 0 Å². The number of nitrogens with one attached hydrogen (secondary N) is 1. The fourth-order valence-electron chi connectivity index (χ4n) is 3.47. The van der Waals surface area contributed by atoms with Crippen molar-refractivity contribution in [1.82, 2.24) is 10.2 Å². The Morgan fingerprint density at radius 1 is 1.16 bits per heavy atom. The van der Waals surface area contributed by atoms with E-state index in [0.717, 1.165) is 25.5 Å². The number of rotatable bonds is 5. The van der Waals surface area contributed by atoms with Crippen LogP contribution in [-0.2, 0) is 4.74 Å². The summed E-state index contributed by atoms with van der Waals surface area (Å²) >= 11 is 0. The lowest BCUT2D eigenvalue weighted by Crippen LogP contribution is -2.41. The Balaban J connectivity index is 1.58. The van der Waals surface area contributed by atoms with Crippen molar-refractivity contribution in [1.29, 1.82) is 0 Å².